The number of aromatic nitrogens is 1. The van der Waals surface area contributed by atoms with Gasteiger partial charge in [-0.05, 0) is 36.1 Å². The topological polar surface area (TPSA) is 57.4 Å². The van der Waals surface area contributed by atoms with Gasteiger partial charge in [0.2, 0.25) is 5.88 Å². The molecular formula is C18H19FN2O2. The fraction of sp³-hybridized carbons (Fsp3) is 0.389. The highest BCUT2D eigenvalue weighted by Gasteiger charge is 2.26. The van der Waals surface area contributed by atoms with Gasteiger partial charge in [0, 0.05) is 35.9 Å². The monoisotopic (exact) mass is 314 g/mol. The molecule has 2 N–H and O–H groups in total. The zero-order chi connectivity index (χ0) is 15.8. The van der Waals surface area contributed by atoms with Gasteiger partial charge >= 0.3 is 0 Å². The first-order valence-electron chi connectivity index (χ1n) is 8.00. The Morgan fingerprint density at radius 1 is 1.22 bits per heavy atom. The molecule has 5 heteroatoms. The van der Waals surface area contributed by atoms with Crippen LogP contribution in [0.25, 0.3) is 11.1 Å². The summed E-state index contributed by atoms with van der Waals surface area (Å²) in [5.74, 6) is 0.391. The van der Waals surface area contributed by atoms with Crippen molar-refractivity contribution in [2.75, 3.05) is 13.2 Å². The van der Waals surface area contributed by atoms with Gasteiger partial charge in [-0.2, -0.15) is 0 Å². The summed E-state index contributed by atoms with van der Waals surface area (Å²) < 4.78 is 25.1. The Morgan fingerprint density at radius 3 is 2.87 bits per heavy atom. The fourth-order valence-electron chi connectivity index (χ4n) is 3.41. The third-order valence-corrected chi connectivity index (χ3v) is 4.60. The lowest BCUT2D eigenvalue weighted by atomic mass is 9.97. The Bertz CT molecular complexity index is 712. The highest BCUT2D eigenvalue weighted by atomic mass is 19.1. The van der Waals surface area contributed by atoms with Crippen LogP contribution < -0.4 is 10.5 Å². The van der Waals surface area contributed by atoms with Gasteiger partial charge in [0.1, 0.15) is 11.9 Å². The van der Waals surface area contributed by atoms with Crippen molar-refractivity contribution in [3.63, 3.8) is 0 Å². The minimum Gasteiger partial charge on any atom is -0.472 e. The molecule has 4 nitrogen and oxygen atoms in total. The van der Waals surface area contributed by atoms with Gasteiger partial charge in [0.15, 0.2) is 0 Å². The first-order chi connectivity index (χ1) is 11.2. The Hall–Kier alpha value is -1.98. The van der Waals surface area contributed by atoms with Crippen molar-refractivity contribution >= 4 is 0 Å². The molecule has 0 radical (unpaired) electrons. The third kappa shape index (κ3) is 2.71. The molecule has 23 heavy (non-hydrogen) atoms. The minimum absolute atomic E-state index is 0.0846. The lowest BCUT2D eigenvalue weighted by Gasteiger charge is -2.13. The average Bonchev–Trinajstić information content (AvgIpc) is 3.19. The van der Waals surface area contributed by atoms with E-state index < -0.39 is 0 Å². The van der Waals surface area contributed by atoms with Gasteiger partial charge in [0.05, 0.1) is 13.2 Å². The zero-order valence-electron chi connectivity index (χ0n) is 12.8. The predicted molar refractivity (Wildman–Crippen MR) is 84.7 cm³/mol. The molecule has 0 spiro atoms. The van der Waals surface area contributed by atoms with Crippen molar-refractivity contribution in [2.45, 2.75) is 31.4 Å². The molecule has 1 fully saturated rings. The molecular weight excluding hydrogens is 295 g/mol. The molecule has 1 aliphatic heterocycles. The van der Waals surface area contributed by atoms with Crippen LogP contribution in [0.3, 0.4) is 0 Å². The highest BCUT2D eigenvalue weighted by molar-refractivity contribution is 5.69. The largest absolute Gasteiger partial charge is 0.472 e. The summed E-state index contributed by atoms with van der Waals surface area (Å²) >= 11 is 0. The number of pyridine rings is 1. The summed E-state index contributed by atoms with van der Waals surface area (Å²) in [4.78, 5) is 4.38. The minimum atomic E-state index is -0.206. The van der Waals surface area contributed by atoms with E-state index in [9.17, 15) is 4.39 Å². The van der Waals surface area contributed by atoms with E-state index in [0.717, 1.165) is 42.6 Å². The van der Waals surface area contributed by atoms with Crippen molar-refractivity contribution in [3.8, 4) is 17.0 Å². The van der Waals surface area contributed by atoms with Crippen LogP contribution in [0.4, 0.5) is 4.39 Å². The van der Waals surface area contributed by atoms with Crippen LogP contribution >= 0.6 is 0 Å². The molecule has 1 unspecified atom stereocenters. The van der Waals surface area contributed by atoms with Gasteiger partial charge in [0.25, 0.3) is 0 Å². The summed E-state index contributed by atoms with van der Waals surface area (Å²) in [6.07, 6.45) is 4.36. The Labute approximate surface area is 134 Å². The highest BCUT2D eigenvalue weighted by Crippen LogP contribution is 2.38. The van der Waals surface area contributed by atoms with E-state index in [1.165, 1.54) is 6.07 Å². The van der Waals surface area contributed by atoms with Crippen LogP contribution in [-0.4, -0.2) is 24.3 Å². The standard InChI is InChI=1S/C18H19FN2O2/c19-15-4-2-13(14-3-5-16(20)18(14)15)11-1-6-17(21-9-11)23-12-7-8-22-10-12/h1-2,4,6,9,12,16H,3,5,7-8,10,20H2/t12?,16-/m1/s1. The van der Waals surface area contributed by atoms with E-state index in [-0.39, 0.29) is 18.0 Å². The summed E-state index contributed by atoms with van der Waals surface area (Å²) in [7, 11) is 0. The molecule has 1 saturated heterocycles. The van der Waals surface area contributed by atoms with E-state index in [1.54, 1.807) is 6.20 Å². The number of rotatable bonds is 3. The van der Waals surface area contributed by atoms with Gasteiger partial charge in [-0.25, -0.2) is 9.37 Å². The van der Waals surface area contributed by atoms with Crippen LogP contribution in [0, 0.1) is 5.82 Å². The van der Waals surface area contributed by atoms with E-state index in [2.05, 4.69) is 4.98 Å². The molecule has 1 aromatic carbocycles. The number of nitrogens with two attached hydrogens (primary N) is 1. The maximum absolute atomic E-state index is 14.0. The van der Waals surface area contributed by atoms with Crippen LogP contribution in [0.1, 0.15) is 30.0 Å². The van der Waals surface area contributed by atoms with Crippen molar-refractivity contribution in [1.29, 1.82) is 0 Å². The molecule has 2 atom stereocenters. The SMILES string of the molecule is N[C@@H]1CCc2c(-c3ccc(OC4CCOC4)nc3)ccc(F)c21. The zero-order valence-corrected chi connectivity index (χ0v) is 12.8. The molecule has 0 amide bonds. The van der Waals surface area contributed by atoms with Crippen molar-refractivity contribution in [3.05, 3.63) is 47.4 Å². The van der Waals surface area contributed by atoms with Crippen LogP contribution in [0.2, 0.25) is 0 Å². The predicted octanol–water partition coefficient (Wildman–Crippen LogP) is 3.00. The third-order valence-electron chi connectivity index (χ3n) is 4.60. The average molecular weight is 314 g/mol. The number of halogens is 1. The van der Waals surface area contributed by atoms with E-state index in [0.29, 0.717) is 18.1 Å². The summed E-state index contributed by atoms with van der Waals surface area (Å²) in [6.45, 7) is 1.36. The smallest absolute Gasteiger partial charge is 0.213 e. The van der Waals surface area contributed by atoms with Crippen LogP contribution in [0.5, 0.6) is 5.88 Å². The fourth-order valence-corrected chi connectivity index (χ4v) is 3.41. The van der Waals surface area contributed by atoms with Crippen molar-refractivity contribution < 1.29 is 13.9 Å². The second-order valence-corrected chi connectivity index (χ2v) is 6.12. The number of hydrogen-bond donors (Lipinski definition) is 1. The van der Waals surface area contributed by atoms with E-state index >= 15 is 0 Å². The lowest BCUT2D eigenvalue weighted by molar-refractivity contribution is 0.138. The maximum Gasteiger partial charge on any atom is 0.213 e. The van der Waals surface area contributed by atoms with Crippen molar-refractivity contribution in [1.82, 2.24) is 4.98 Å². The Kier molecular flexibility index (Phi) is 3.75. The molecule has 0 saturated carbocycles. The quantitative estimate of drug-likeness (QED) is 0.946. The second-order valence-electron chi connectivity index (χ2n) is 6.12. The maximum atomic E-state index is 14.0. The van der Waals surface area contributed by atoms with Gasteiger partial charge in [-0.15, -0.1) is 0 Å². The van der Waals surface area contributed by atoms with Crippen LogP contribution in [0.15, 0.2) is 30.5 Å². The molecule has 2 aromatic rings. The number of hydrogen-bond acceptors (Lipinski definition) is 4. The molecule has 2 aliphatic rings. The van der Waals surface area contributed by atoms with Crippen LogP contribution in [-0.2, 0) is 11.2 Å². The summed E-state index contributed by atoms with van der Waals surface area (Å²) in [5.41, 5.74) is 9.67. The van der Waals surface area contributed by atoms with E-state index in [4.69, 9.17) is 15.2 Å². The first kappa shape index (κ1) is 14.6. The number of benzene rings is 1. The van der Waals surface area contributed by atoms with Gasteiger partial charge in [-0.3, -0.25) is 0 Å². The summed E-state index contributed by atoms with van der Waals surface area (Å²) in [5, 5.41) is 0. The Balaban J connectivity index is 1.61. The molecule has 1 aromatic heterocycles. The number of nitrogens with zero attached hydrogens (tertiary/aromatic N) is 1. The Morgan fingerprint density at radius 2 is 2.13 bits per heavy atom. The molecule has 0 bridgehead atoms. The molecule has 2 heterocycles. The number of fused-ring (bicyclic) bond motifs is 1. The lowest BCUT2D eigenvalue weighted by Crippen LogP contribution is -2.16. The van der Waals surface area contributed by atoms with Gasteiger partial charge in [-0.1, -0.05) is 6.07 Å². The molecule has 120 valence electrons. The van der Waals surface area contributed by atoms with E-state index in [1.807, 2.05) is 18.2 Å². The molecule has 4 rings (SSSR count). The van der Waals surface area contributed by atoms with Gasteiger partial charge < -0.3 is 15.2 Å². The molecule has 1 aliphatic carbocycles. The van der Waals surface area contributed by atoms with Crippen molar-refractivity contribution in [2.24, 2.45) is 5.73 Å². The summed E-state index contributed by atoms with van der Waals surface area (Å²) in [6, 6.07) is 6.94. The first-order valence-corrected chi connectivity index (χ1v) is 8.00. The second kappa shape index (κ2) is 5.91. The number of ether oxygens (including phenoxy) is 2. The normalized spacial score (nSPS) is 23.0.